The van der Waals surface area contributed by atoms with Gasteiger partial charge >= 0.3 is 0 Å². The summed E-state index contributed by atoms with van der Waals surface area (Å²) in [6.07, 6.45) is 3.63. The van der Waals surface area contributed by atoms with Crippen LogP contribution >= 0.6 is 0 Å². The molecule has 0 aliphatic heterocycles. The van der Waals surface area contributed by atoms with Gasteiger partial charge < -0.3 is 4.42 Å². The molecular formula is C15H17N3O. The molecule has 0 aliphatic carbocycles. The average Bonchev–Trinajstić information content (AvgIpc) is 2.91. The predicted octanol–water partition coefficient (Wildman–Crippen LogP) is 3.75. The van der Waals surface area contributed by atoms with Crippen LogP contribution < -0.4 is 0 Å². The van der Waals surface area contributed by atoms with Crippen molar-refractivity contribution in [3.63, 3.8) is 0 Å². The molecule has 0 spiro atoms. The largest absolute Gasteiger partial charge is 0.467 e. The van der Waals surface area contributed by atoms with Crippen molar-refractivity contribution in [1.82, 2.24) is 14.5 Å². The first kappa shape index (κ1) is 12.0. The van der Waals surface area contributed by atoms with Gasteiger partial charge in [-0.1, -0.05) is 13.8 Å². The third-order valence-electron chi connectivity index (χ3n) is 3.15. The van der Waals surface area contributed by atoms with Gasteiger partial charge in [-0.25, -0.2) is 9.97 Å². The van der Waals surface area contributed by atoms with Crippen molar-refractivity contribution in [3.8, 4) is 5.69 Å². The number of fused-ring (bicyclic) bond motifs is 1. The van der Waals surface area contributed by atoms with Gasteiger partial charge in [0.2, 0.25) is 0 Å². The SMILES string of the molecule is Cc1cnc2c(c1)nc(C(C)C)n2-c1coc(C)c1. The van der Waals surface area contributed by atoms with Crippen molar-refractivity contribution in [2.24, 2.45) is 0 Å². The normalized spacial score (nSPS) is 11.6. The lowest BCUT2D eigenvalue weighted by Crippen LogP contribution is -2.02. The monoisotopic (exact) mass is 255 g/mol. The highest BCUT2D eigenvalue weighted by Crippen LogP contribution is 2.26. The molecule has 0 N–H and O–H groups in total. The number of aromatic nitrogens is 3. The second-order valence-corrected chi connectivity index (χ2v) is 5.23. The van der Waals surface area contributed by atoms with Gasteiger partial charge in [-0.2, -0.15) is 0 Å². The van der Waals surface area contributed by atoms with E-state index in [-0.39, 0.29) is 0 Å². The molecule has 4 heteroatoms. The lowest BCUT2D eigenvalue weighted by molar-refractivity contribution is 0.532. The zero-order valence-corrected chi connectivity index (χ0v) is 11.6. The topological polar surface area (TPSA) is 43.9 Å². The summed E-state index contributed by atoms with van der Waals surface area (Å²) < 4.78 is 7.50. The van der Waals surface area contributed by atoms with Gasteiger partial charge in [0.05, 0.1) is 5.69 Å². The van der Waals surface area contributed by atoms with E-state index in [1.807, 2.05) is 26.1 Å². The summed E-state index contributed by atoms with van der Waals surface area (Å²) in [5, 5.41) is 0. The standard InChI is InChI=1S/C15H17N3O/c1-9(2)14-17-13-5-10(3)7-16-15(13)18(14)12-6-11(4)19-8-12/h5-9H,1-4H3. The lowest BCUT2D eigenvalue weighted by atomic mass is 10.2. The van der Waals surface area contributed by atoms with Crippen molar-refractivity contribution in [1.29, 1.82) is 0 Å². The van der Waals surface area contributed by atoms with Crippen molar-refractivity contribution in [3.05, 3.63) is 41.7 Å². The van der Waals surface area contributed by atoms with Crippen LogP contribution in [0.25, 0.3) is 16.9 Å². The summed E-state index contributed by atoms with van der Waals surface area (Å²) in [6.45, 7) is 8.24. The summed E-state index contributed by atoms with van der Waals surface area (Å²) >= 11 is 0. The fraction of sp³-hybridized carbons (Fsp3) is 0.333. The minimum absolute atomic E-state index is 0.324. The Balaban J connectivity index is 2.34. The Labute approximate surface area is 112 Å². The molecule has 4 nitrogen and oxygen atoms in total. The van der Waals surface area contributed by atoms with E-state index < -0.39 is 0 Å². The second-order valence-electron chi connectivity index (χ2n) is 5.23. The van der Waals surface area contributed by atoms with E-state index in [1.165, 1.54) is 0 Å². The predicted molar refractivity (Wildman–Crippen MR) is 74.7 cm³/mol. The number of pyridine rings is 1. The van der Waals surface area contributed by atoms with Gasteiger partial charge in [-0.15, -0.1) is 0 Å². The molecule has 0 amide bonds. The zero-order valence-electron chi connectivity index (χ0n) is 11.6. The quantitative estimate of drug-likeness (QED) is 0.700. The van der Waals surface area contributed by atoms with Crippen LogP contribution in [-0.4, -0.2) is 14.5 Å². The molecular weight excluding hydrogens is 238 g/mol. The number of imidazole rings is 1. The Morgan fingerprint density at radius 2 is 2.00 bits per heavy atom. The Morgan fingerprint density at radius 1 is 1.21 bits per heavy atom. The molecule has 0 atom stereocenters. The first-order valence-corrected chi connectivity index (χ1v) is 6.47. The van der Waals surface area contributed by atoms with Crippen LogP contribution in [0.5, 0.6) is 0 Å². The number of aryl methyl sites for hydroxylation is 2. The molecule has 3 heterocycles. The van der Waals surface area contributed by atoms with Crippen LogP contribution in [0, 0.1) is 13.8 Å². The molecule has 98 valence electrons. The maximum Gasteiger partial charge on any atom is 0.164 e. The van der Waals surface area contributed by atoms with Gasteiger partial charge in [0, 0.05) is 18.2 Å². The first-order chi connectivity index (χ1) is 9.06. The maximum absolute atomic E-state index is 5.42. The van der Waals surface area contributed by atoms with E-state index in [2.05, 4.69) is 29.5 Å². The molecule has 19 heavy (non-hydrogen) atoms. The number of nitrogens with zero attached hydrogens (tertiary/aromatic N) is 3. The van der Waals surface area contributed by atoms with E-state index in [1.54, 1.807) is 6.26 Å². The van der Waals surface area contributed by atoms with E-state index >= 15 is 0 Å². The van der Waals surface area contributed by atoms with Crippen LogP contribution in [-0.2, 0) is 0 Å². The summed E-state index contributed by atoms with van der Waals surface area (Å²) in [4.78, 5) is 9.25. The molecule has 3 aromatic heterocycles. The van der Waals surface area contributed by atoms with Crippen molar-refractivity contribution >= 4 is 11.2 Å². The highest BCUT2D eigenvalue weighted by Gasteiger charge is 2.17. The average molecular weight is 255 g/mol. The van der Waals surface area contributed by atoms with E-state index in [4.69, 9.17) is 9.40 Å². The Morgan fingerprint density at radius 3 is 2.63 bits per heavy atom. The minimum Gasteiger partial charge on any atom is -0.467 e. The van der Waals surface area contributed by atoms with Gasteiger partial charge in [0.25, 0.3) is 0 Å². The highest BCUT2D eigenvalue weighted by molar-refractivity contribution is 5.74. The smallest absolute Gasteiger partial charge is 0.164 e. The van der Waals surface area contributed by atoms with Crippen molar-refractivity contribution in [2.75, 3.05) is 0 Å². The molecule has 0 aromatic carbocycles. The number of rotatable bonds is 2. The maximum atomic E-state index is 5.42. The third kappa shape index (κ3) is 1.93. The number of hydrogen-bond donors (Lipinski definition) is 0. The molecule has 0 saturated heterocycles. The summed E-state index contributed by atoms with van der Waals surface area (Å²) in [7, 11) is 0. The molecule has 0 aliphatic rings. The minimum atomic E-state index is 0.324. The zero-order chi connectivity index (χ0) is 13.6. The van der Waals surface area contributed by atoms with Crippen LogP contribution in [0.2, 0.25) is 0 Å². The molecule has 0 radical (unpaired) electrons. The molecule has 0 saturated carbocycles. The third-order valence-corrected chi connectivity index (χ3v) is 3.15. The lowest BCUT2D eigenvalue weighted by Gasteiger charge is -2.08. The molecule has 0 fully saturated rings. The Hall–Kier alpha value is -2.10. The molecule has 3 aromatic rings. The summed E-state index contributed by atoms with van der Waals surface area (Å²) in [5.41, 5.74) is 3.92. The Kier molecular flexibility index (Phi) is 2.66. The Bertz CT molecular complexity index is 737. The number of hydrogen-bond acceptors (Lipinski definition) is 3. The van der Waals surface area contributed by atoms with E-state index in [9.17, 15) is 0 Å². The van der Waals surface area contributed by atoms with Gasteiger partial charge in [-0.05, 0) is 25.5 Å². The van der Waals surface area contributed by atoms with Crippen molar-refractivity contribution < 1.29 is 4.42 Å². The first-order valence-electron chi connectivity index (χ1n) is 6.47. The highest BCUT2D eigenvalue weighted by atomic mass is 16.3. The summed E-state index contributed by atoms with van der Waals surface area (Å²) in [6, 6.07) is 4.08. The fourth-order valence-electron chi connectivity index (χ4n) is 2.27. The van der Waals surface area contributed by atoms with Crippen molar-refractivity contribution in [2.45, 2.75) is 33.6 Å². The summed E-state index contributed by atoms with van der Waals surface area (Å²) in [5.74, 6) is 2.22. The van der Waals surface area contributed by atoms with E-state index in [0.717, 1.165) is 34.0 Å². The van der Waals surface area contributed by atoms with Gasteiger partial charge in [0.1, 0.15) is 23.4 Å². The molecule has 0 bridgehead atoms. The van der Waals surface area contributed by atoms with Crippen LogP contribution in [0.4, 0.5) is 0 Å². The van der Waals surface area contributed by atoms with Crippen LogP contribution in [0.15, 0.2) is 29.0 Å². The van der Waals surface area contributed by atoms with Gasteiger partial charge in [-0.3, -0.25) is 4.57 Å². The van der Waals surface area contributed by atoms with Gasteiger partial charge in [0.15, 0.2) is 5.65 Å². The molecule has 3 rings (SSSR count). The van der Waals surface area contributed by atoms with Crippen LogP contribution in [0.3, 0.4) is 0 Å². The fourth-order valence-corrected chi connectivity index (χ4v) is 2.27. The number of furan rings is 1. The second kappa shape index (κ2) is 4.23. The molecule has 0 unspecified atom stereocenters. The van der Waals surface area contributed by atoms with Crippen LogP contribution in [0.1, 0.15) is 36.9 Å². The van der Waals surface area contributed by atoms with E-state index in [0.29, 0.717) is 5.92 Å².